The highest BCUT2D eigenvalue weighted by Crippen LogP contribution is 2.38. The molecule has 1 aromatic rings. The topological polar surface area (TPSA) is 34.6 Å². The van der Waals surface area contributed by atoms with Crippen molar-refractivity contribution in [2.24, 2.45) is 0 Å². The lowest BCUT2D eigenvalue weighted by Crippen LogP contribution is -2.46. The quantitative estimate of drug-likeness (QED) is 0.795. The fourth-order valence-corrected chi connectivity index (χ4v) is 2.72. The maximum Gasteiger partial charge on any atom is 0.419 e. The van der Waals surface area contributed by atoms with Gasteiger partial charge in [-0.1, -0.05) is 0 Å². The van der Waals surface area contributed by atoms with E-state index >= 15 is 0 Å². The number of alkyl halides is 3. The molecule has 0 amide bonds. The van der Waals surface area contributed by atoms with Crippen molar-refractivity contribution in [1.29, 1.82) is 0 Å². The van der Waals surface area contributed by atoms with Gasteiger partial charge in [0.05, 0.1) is 18.8 Å². The van der Waals surface area contributed by atoms with Gasteiger partial charge >= 0.3 is 6.18 Å². The lowest BCUT2D eigenvalue weighted by atomic mass is 10.0. The molecule has 0 bridgehead atoms. The van der Waals surface area contributed by atoms with Gasteiger partial charge in [-0.25, -0.2) is 4.98 Å². The molecule has 20 heavy (non-hydrogen) atoms. The van der Waals surface area contributed by atoms with E-state index in [1.54, 1.807) is 4.90 Å². The molecule has 2 saturated heterocycles. The average Bonchev–Trinajstić information content (AvgIpc) is 2.87. The van der Waals surface area contributed by atoms with Crippen LogP contribution in [0.25, 0.3) is 0 Å². The molecule has 7 heteroatoms. The van der Waals surface area contributed by atoms with Crippen molar-refractivity contribution in [3.8, 4) is 0 Å². The molecule has 0 N–H and O–H groups in total. The fourth-order valence-electron chi connectivity index (χ4n) is 2.72. The van der Waals surface area contributed by atoms with Crippen molar-refractivity contribution in [3.63, 3.8) is 0 Å². The highest BCUT2D eigenvalue weighted by atomic mass is 19.4. The van der Waals surface area contributed by atoms with Gasteiger partial charge in [-0.3, -0.25) is 0 Å². The van der Waals surface area contributed by atoms with Crippen molar-refractivity contribution in [3.05, 3.63) is 23.9 Å². The molecule has 0 saturated carbocycles. The third-order valence-corrected chi connectivity index (χ3v) is 3.73. The Kier molecular flexibility index (Phi) is 3.33. The van der Waals surface area contributed by atoms with Crippen LogP contribution in [-0.2, 0) is 15.7 Å². The molecule has 3 heterocycles. The Morgan fingerprint density at radius 1 is 1.15 bits per heavy atom. The van der Waals surface area contributed by atoms with Crippen LogP contribution in [0.5, 0.6) is 0 Å². The van der Waals surface area contributed by atoms with E-state index in [9.17, 15) is 13.2 Å². The minimum atomic E-state index is -4.39. The molecule has 110 valence electrons. The Morgan fingerprint density at radius 3 is 2.40 bits per heavy atom. The normalized spacial score (nSPS) is 22.4. The Morgan fingerprint density at radius 2 is 1.80 bits per heavy atom. The van der Waals surface area contributed by atoms with Crippen LogP contribution in [0, 0.1) is 0 Å². The summed E-state index contributed by atoms with van der Waals surface area (Å²) in [5.74, 6) is -0.600. The zero-order valence-corrected chi connectivity index (χ0v) is 10.8. The first kappa shape index (κ1) is 13.6. The van der Waals surface area contributed by atoms with Crippen LogP contribution in [0.15, 0.2) is 18.3 Å². The lowest BCUT2D eigenvalue weighted by Gasteiger charge is -2.38. The maximum absolute atomic E-state index is 13.0. The van der Waals surface area contributed by atoms with Crippen LogP contribution in [0.2, 0.25) is 0 Å². The summed E-state index contributed by atoms with van der Waals surface area (Å²) in [7, 11) is 0. The van der Waals surface area contributed by atoms with Crippen LogP contribution in [0.3, 0.4) is 0 Å². The number of hydrogen-bond donors (Lipinski definition) is 0. The lowest BCUT2D eigenvalue weighted by molar-refractivity contribution is -0.169. The molecule has 0 unspecified atom stereocenters. The first-order chi connectivity index (χ1) is 9.50. The zero-order chi connectivity index (χ0) is 14.2. The molecule has 0 radical (unpaired) electrons. The van der Waals surface area contributed by atoms with Crippen molar-refractivity contribution in [2.75, 3.05) is 31.2 Å². The van der Waals surface area contributed by atoms with Crippen molar-refractivity contribution in [1.82, 2.24) is 4.98 Å². The number of anilines is 1. The largest absolute Gasteiger partial charge is 0.419 e. The molecule has 2 aliphatic rings. The van der Waals surface area contributed by atoms with Crippen LogP contribution in [-0.4, -0.2) is 37.1 Å². The number of hydrogen-bond acceptors (Lipinski definition) is 4. The minimum Gasteiger partial charge on any atom is -0.356 e. The molecule has 0 atom stereocenters. The zero-order valence-electron chi connectivity index (χ0n) is 10.8. The van der Waals surface area contributed by atoms with Gasteiger partial charge in [-0.15, -0.1) is 0 Å². The van der Waals surface area contributed by atoms with Gasteiger partial charge < -0.3 is 14.4 Å². The van der Waals surface area contributed by atoms with E-state index in [0.29, 0.717) is 39.1 Å². The predicted octanol–water partition coefficient (Wildman–Crippen LogP) is 2.44. The molecule has 2 fully saturated rings. The fraction of sp³-hybridized carbons (Fsp3) is 0.615. The molecular weight excluding hydrogens is 273 g/mol. The van der Waals surface area contributed by atoms with E-state index in [1.807, 2.05) is 0 Å². The monoisotopic (exact) mass is 288 g/mol. The minimum absolute atomic E-state index is 0.00662. The maximum atomic E-state index is 13.0. The van der Waals surface area contributed by atoms with Crippen LogP contribution in [0.4, 0.5) is 19.0 Å². The third-order valence-electron chi connectivity index (χ3n) is 3.73. The van der Waals surface area contributed by atoms with Crippen molar-refractivity contribution >= 4 is 5.82 Å². The third kappa shape index (κ3) is 2.47. The summed E-state index contributed by atoms with van der Waals surface area (Å²) in [5.41, 5.74) is -0.691. The Bertz CT molecular complexity index is 477. The highest BCUT2D eigenvalue weighted by molar-refractivity contribution is 5.48. The summed E-state index contributed by atoms with van der Waals surface area (Å²) in [6.07, 6.45) is -1.89. The second-order valence-electron chi connectivity index (χ2n) is 4.97. The smallest absolute Gasteiger partial charge is 0.356 e. The summed E-state index contributed by atoms with van der Waals surface area (Å²) in [6, 6.07) is 2.37. The summed E-state index contributed by atoms with van der Waals surface area (Å²) >= 11 is 0. The second-order valence-corrected chi connectivity index (χ2v) is 4.97. The number of pyridine rings is 1. The molecule has 1 spiro atoms. The Hall–Kier alpha value is -1.34. The summed E-state index contributed by atoms with van der Waals surface area (Å²) in [5, 5.41) is 0. The van der Waals surface area contributed by atoms with Gasteiger partial charge in [-0.05, 0) is 12.1 Å². The number of rotatable bonds is 1. The number of nitrogens with zero attached hydrogens (tertiary/aromatic N) is 2. The number of halogens is 3. The van der Waals surface area contributed by atoms with Gasteiger partial charge in [-0.2, -0.15) is 13.2 Å². The second kappa shape index (κ2) is 4.89. The predicted molar refractivity (Wildman–Crippen MR) is 65.3 cm³/mol. The van der Waals surface area contributed by atoms with Crippen molar-refractivity contribution in [2.45, 2.75) is 24.8 Å². The van der Waals surface area contributed by atoms with Gasteiger partial charge in [0.1, 0.15) is 5.82 Å². The summed E-state index contributed by atoms with van der Waals surface area (Å²) < 4.78 is 50.1. The van der Waals surface area contributed by atoms with Crippen LogP contribution in [0.1, 0.15) is 18.4 Å². The Balaban J connectivity index is 1.78. The van der Waals surface area contributed by atoms with Crippen LogP contribution >= 0.6 is 0 Å². The average molecular weight is 288 g/mol. The van der Waals surface area contributed by atoms with E-state index in [0.717, 1.165) is 6.07 Å². The molecule has 2 aliphatic heterocycles. The molecular formula is C13H15F3N2O2. The van der Waals surface area contributed by atoms with Crippen molar-refractivity contribution < 1.29 is 22.6 Å². The number of ether oxygens (including phenoxy) is 2. The summed E-state index contributed by atoms with van der Waals surface area (Å²) in [4.78, 5) is 5.56. The number of aromatic nitrogens is 1. The SMILES string of the molecule is FC(F)(F)c1cccnc1N1CCC2(CC1)OCCO2. The molecule has 3 rings (SSSR count). The highest BCUT2D eigenvalue weighted by Gasteiger charge is 2.42. The van der Waals surface area contributed by atoms with Gasteiger partial charge in [0.25, 0.3) is 0 Å². The van der Waals surface area contributed by atoms with E-state index in [4.69, 9.17) is 9.47 Å². The van der Waals surface area contributed by atoms with Gasteiger partial charge in [0.2, 0.25) is 0 Å². The standard InChI is InChI=1S/C13H15F3N2O2/c14-13(15,16)10-2-1-5-17-11(10)18-6-3-12(4-7-18)19-8-9-20-12/h1-2,5H,3-4,6-9H2. The molecule has 0 aromatic carbocycles. The van der Waals surface area contributed by atoms with E-state index < -0.39 is 17.5 Å². The van der Waals surface area contributed by atoms with E-state index in [1.165, 1.54) is 12.3 Å². The van der Waals surface area contributed by atoms with Gasteiger partial charge in [0, 0.05) is 32.1 Å². The summed E-state index contributed by atoms with van der Waals surface area (Å²) in [6.45, 7) is 2.00. The first-order valence-corrected chi connectivity index (χ1v) is 6.55. The van der Waals surface area contributed by atoms with Gasteiger partial charge in [0.15, 0.2) is 5.79 Å². The Labute approximate surface area is 114 Å². The number of piperidine rings is 1. The first-order valence-electron chi connectivity index (χ1n) is 6.55. The molecule has 0 aliphatic carbocycles. The van der Waals surface area contributed by atoms with E-state index in [2.05, 4.69) is 4.98 Å². The molecule has 4 nitrogen and oxygen atoms in total. The molecule has 1 aromatic heterocycles. The van der Waals surface area contributed by atoms with E-state index in [-0.39, 0.29) is 5.82 Å². The van der Waals surface area contributed by atoms with Crippen LogP contribution < -0.4 is 4.90 Å².